The second kappa shape index (κ2) is 7.40. The van der Waals surface area contributed by atoms with Crippen LogP contribution in [-0.4, -0.2) is 36.4 Å². The van der Waals surface area contributed by atoms with Gasteiger partial charge in [-0.15, -0.1) is 4.68 Å². The van der Waals surface area contributed by atoms with E-state index in [9.17, 15) is 0 Å². The molecular formula is C17H20N9O+. The maximum atomic E-state index is 9.04. The van der Waals surface area contributed by atoms with Gasteiger partial charge in [0.15, 0.2) is 18.0 Å². The van der Waals surface area contributed by atoms with Gasteiger partial charge in [-0.1, -0.05) is 6.07 Å². The van der Waals surface area contributed by atoms with E-state index in [1.807, 2.05) is 42.9 Å². The molecule has 0 unspecified atom stereocenters. The van der Waals surface area contributed by atoms with Crippen LogP contribution in [0.25, 0.3) is 16.9 Å². The molecule has 4 rings (SSSR count). The van der Waals surface area contributed by atoms with Gasteiger partial charge in [0, 0.05) is 12.7 Å². The highest BCUT2D eigenvalue weighted by molar-refractivity contribution is 5.69. The number of hydrazine groups is 1. The molecule has 6 N–H and O–H groups in total. The number of nitrogens with one attached hydrogen (secondary N) is 3. The van der Waals surface area contributed by atoms with Crippen molar-refractivity contribution in [2.75, 3.05) is 17.3 Å². The summed E-state index contributed by atoms with van der Waals surface area (Å²) in [7, 11) is 0. The van der Waals surface area contributed by atoms with Gasteiger partial charge < -0.3 is 15.8 Å². The first-order chi connectivity index (χ1) is 13.3. The zero-order valence-corrected chi connectivity index (χ0v) is 14.5. The van der Waals surface area contributed by atoms with Gasteiger partial charge in [0.1, 0.15) is 12.9 Å². The van der Waals surface area contributed by atoms with Gasteiger partial charge in [0.2, 0.25) is 6.20 Å². The average Bonchev–Trinajstić information content (AvgIpc) is 3.35. The molecule has 4 aromatic heterocycles. The van der Waals surface area contributed by atoms with Crippen molar-refractivity contribution in [1.82, 2.24) is 24.7 Å². The van der Waals surface area contributed by atoms with E-state index >= 15 is 0 Å². The summed E-state index contributed by atoms with van der Waals surface area (Å²) >= 11 is 0. The SMILES string of the molecule is NNc1ccc(-c2c[nH][n+](CCO)c2)nc1NCc1ccc2ncnn2c1. The van der Waals surface area contributed by atoms with Crippen molar-refractivity contribution in [1.29, 1.82) is 0 Å². The monoisotopic (exact) mass is 366 g/mol. The van der Waals surface area contributed by atoms with Crippen molar-refractivity contribution in [3.05, 3.63) is 54.7 Å². The molecule has 0 aromatic carbocycles. The molecule has 0 aliphatic carbocycles. The number of nitrogens with zero attached hydrogens (tertiary/aromatic N) is 5. The predicted octanol–water partition coefficient (Wildman–Crippen LogP) is 0.297. The molecule has 138 valence electrons. The number of fused-ring (bicyclic) bond motifs is 1. The van der Waals surface area contributed by atoms with E-state index in [0.29, 0.717) is 24.6 Å². The van der Waals surface area contributed by atoms with Crippen LogP contribution in [0.3, 0.4) is 0 Å². The minimum Gasteiger partial charge on any atom is -0.390 e. The Bertz CT molecular complexity index is 1060. The second-order valence-electron chi connectivity index (χ2n) is 5.97. The summed E-state index contributed by atoms with van der Waals surface area (Å²) in [5, 5.41) is 19.6. The van der Waals surface area contributed by atoms with Gasteiger partial charge in [0.25, 0.3) is 0 Å². The van der Waals surface area contributed by atoms with Crippen LogP contribution >= 0.6 is 0 Å². The maximum Gasteiger partial charge on any atom is 0.204 e. The maximum absolute atomic E-state index is 9.04. The number of aromatic nitrogens is 6. The topological polar surface area (TPSA) is 133 Å². The lowest BCUT2D eigenvalue weighted by Crippen LogP contribution is -2.36. The van der Waals surface area contributed by atoms with Crippen molar-refractivity contribution in [2.45, 2.75) is 13.1 Å². The van der Waals surface area contributed by atoms with E-state index in [2.05, 4.69) is 30.9 Å². The zero-order valence-electron chi connectivity index (χ0n) is 14.5. The highest BCUT2D eigenvalue weighted by Gasteiger charge is 2.12. The Hall–Kier alpha value is -3.50. The summed E-state index contributed by atoms with van der Waals surface area (Å²) in [6.07, 6.45) is 7.18. The lowest BCUT2D eigenvalue weighted by molar-refractivity contribution is -0.750. The van der Waals surface area contributed by atoms with E-state index in [1.165, 1.54) is 6.33 Å². The van der Waals surface area contributed by atoms with Gasteiger partial charge in [0.05, 0.1) is 23.1 Å². The van der Waals surface area contributed by atoms with Crippen LogP contribution in [0.4, 0.5) is 11.5 Å². The number of aromatic amines is 1. The fraction of sp³-hybridized carbons (Fsp3) is 0.176. The van der Waals surface area contributed by atoms with Crippen LogP contribution in [0.5, 0.6) is 0 Å². The molecule has 0 fully saturated rings. The number of aliphatic hydroxyl groups is 1. The summed E-state index contributed by atoms with van der Waals surface area (Å²) in [4.78, 5) is 8.81. The largest absolute Gasteiger partial charge is 0.390 e. The van der Waals surface area contributed by atoms with Crippen LogP contribution in [0.1, 0.15) is 5.56 Å². The molecule has 0 amide bonds. The molecule has 0 bridgehead atoms. The number of hydrogen-bond donors (Lipinski definition) is 5. The molecule has 0 atom stereocenters. The van der Waals surface area contributed by atoms with E-state index in [-0.39, 0.29) is 6.61 Å². The van der Waals surface area contributed by atoms with Crippen LogP contribution < -0.4 is 21.3 Å². The van der Waals surface area contributed by atoms with Crippen LogP contribution in [-0.2, 0) is 13.1 Å². The number of rotatable bonds is 7. The van der Waals surface area contributed by atoms with E-state index in [0.717, 1.165) is 22.5 Å². The molecule has 0 saturated heterocycles. The van der Waals surface area contributed by atoms with E-state index < -0.39 is 0 Å². The van der Waals surface area contributed by atoms with E-state index in [4.69, 9.17) is 10.9 Å². The summed E-state index contributed by atoms with van der Waals surface area (Å²) < 4.78 is 3.52. The Morgan fingerprint density at radius 2 is 2.19 bits per heavy atom. The molecule has 0 saturated carbocycles. The van der Waals surface area contributed by atoms with Crippen molar-refractivity contribution >= 4 is 17.2 Å². The number of H-pyrrole nitrogens is 1. The molecule has 0 spiro atoms. The Balaban J connectivity index is 1.56. The smallest absolute Gasteiger partial charge is 0.204 e. The van der Waals surface area contributed by atoms with Gasteiger partial charge in [-0.05, 0) is 23.8 Å². The minimum atomic E-state index is 0.0665. The highest BCUT2D eigenvalue weighted by atomic mass is 16.3. The molecule has 4 heterocycles. The fourth-order valence-electron chi connectivity index (χ4n) is 2.79. The summed E-state index contributed by atoms with van der Waals surface area (Å²) in [6.45, 7) is 1.12. The molecule has 0 aliphatic rings. The van der Waals surface area contributed by atoms with Crippen LogP contribution in [0, 0.1) is 0 Å². The van der Waals surface area contributed by atoms with Crippen molar-refractivity contribution < 1.29 is 9.79 Å². The summed E-state index contributed by atoms with van der Waals surface area (Å²) in [6, 6.07) is 7.65. The number of nitrogens with two attached hydrogens (primary N) is 1. The van der Waals surface area contributed by atoms with Gasteiger partial charge in [-0.2, -0.15) is 10.2 Å². The first kappa shape index (κ1) is 16.9. The van der Waals surface area contributed by atoms with Crippen LogP contribution in [0.2, 0.25) is 0 Å². The number of aliphatic hydroxyl groups excluding tert-OH is 1. The molecule has 0 aliphatic heterocycles. The molecule has 0 radical (unpaired) electrons. The molecule has 10 nitrogen and oxygen atoms in total. The quantitative estimate of drug-likeness (QED) is 0.180. The third-order valence-electron chi connectivity index (χ3n) is 4.16. The molecule has 10 heteroatoms. The van der Waals surface area contributed by atoms with Crippen molar-refractivity contribution in [2.24, 2.45) is 5.84 Å². The molecule has 27 heavy (non-hydrogen) atoms. The summed E-state index contributed by atoms with van der Waals surface area (Å²) in [5.41, 5.74) is 6.89. The number of nitrogen functional groups attached to an aromatic ring is 1. The standard InChI is InChI=1S/C17H19N9O/c18-24-15-3-2-14(13-8-21-25(10-13)5-6-27)23-17(15)19-7-12-1-4-16-20-11-22-26(16)9-12/h1-4,8-11,24,27H,5-7,18H2,(H,19,23)/p+1. The zero-order chi connectivity index (χ0) is 18.6. The normalized spacial score (nSPS) is 11.0. The summed E-state index contributed by atoms with van der Waals surface area (Å²) in [5.74, 6) is 6.26. The second-order valence-corrected chi connectivity index (χ2v) is 5.97. The number of hydrogen-bond acceptors (Lipinski definition) is 7. The van der Waals surface area contributed by atoms with Gasteiger partial charge in [-0.25, -0.2) is 14.5 Å². The third-order valence-corrected chi connectivity index (χ3v) is 4.16. The van der Waals surface area contributed by atoms with Gasteiger partial charge in [-0.3, -0.25) is 5.84 Å². The fourth-order valence-corrected chi connectivity index (χ4v) is 2.79. The Morgan fingerprint density at radius 3 is 3.04 bits per heavy atom. The Labute approximate surface area is 154 Å². The molecular weight excluding hydrogens is 346 g/mol. The third kappa shape index (κ3) is 3.57. The Morgan fingerprint density at radius 1 is 1.26 bits per heavy atom. The van der Waals surface area contributed by atoms with Crippen molar-refractivity contribution in [3.63, 3.8) is 0 Å². The van der Waals surface area contributed by atoms with Crippen LogP contribution in [0.15, 0.2) is 49.2 Å². The first-order valence-electron chi connectivity index (χ1n) is 8.46. The number of pyridine rings is 2. The highest BCUT2D eigenvalue weighted by Crippen LogP contribution is 2.24. The predicted molar refractivity (Wildman–Crippen MR) is 99.4 cm³/mol. The van der Waals surface area contributed by atoms with Gasteiger partial charge >= 0.3 is 0 Å². The lowest BCUT2D eigenvalue weighted by atomic mass is 10.2. The van der Waals surface area contributed by atoms with Crippen molar-refractivity contribution in [3.8, 4) is 11.3 Å². The minimum absolute atomic E-state index is 0.0665. The Kier molecular flexibility index (Phi) is 4.64. The first-order valence-corrected chi connectivity index (χ1v) is 8.46. The average molecular weight is 366 g/mol. The lowest BCUT2D eigenvalue weighted by Gasteiger charge is -2.12. The molecule has 4 aromatic rings. The number of anilines is 2. The van der Waals surface area contributed by atoms with E-state index in [1.54, 1.807) is 9.20 Å².